The van der Waals surface area contributed by atoms with Crippen molar-refractivity contribution in [1.29, 1.82) is 0 Å². The van der Waals surface area contributed by atoms with Crippen LogP contribution in [-0.2, 0) is 4.79 Å². The first-order chi connectivity index (χ1) is 6.49. The smallest absolute Gasteiger partial charge is 0.141 e. The third kappa shape index (κ3) is 6.51. The predicted octanol–water partition coefficient (Wildman–Crippen LogP) is -0.764. The summed E-state index contributed by atoms with van der Waals surface area (Å²) in [6.45, 7) is 1.01. The molecule has 0 spiro atoms. The standard InChI is InChI=1S/C12H24NO.HI/c1-13(2,3)10-11-8-6-4-5-7-9-12(11)14;/h11H,4-10H2,1-3H3;1H/q+1;/p-1. The van der Waals surface area contributed by atoms with Gasteiger partial charge in [-0.15, -0.1) is 0 Å². The Kier molecular flexibility index (Phi) is 7.00. The zero-order chi connectivity index (χ0) is 10.6. The van der Waals surface area contributed by atoms with Crippen molar-refractivity contribution >= 4 is 5.78 Å². The van der Waals surface area contributed by atoms with E-state index in [0.717, 1.165) is 30.3 Å². The van der Waals surface area contributed by atoms with Gasteiger partial charge in [-0.25, -0.2) is 0 Å². The molecule has 1 unspecified atom stereocenters. The second-order valence-corrected chi connectivity index (χ2v) is 5.59. The first-order valence-corrected chi connectivity index (χ1v) is 5.82. The van der Waals surface area contributed by atoms with E-state index in [4.69, 9.17) is 0 Å². The number of carbonyl (C=O) groups is 1. The van der Waals surface area contributed by atoms with Crippen LogP contribution in [0.25, 0.3) is 0 Å². The third-order valence-electron chi connectivity index (χ3n) is 2.95. The lowest BCUT2D eigenvalue weighted by Gasteiger charge is -2.29. The van der Waals surface area contributed by atoms with Crippen molar-refractivity contribution in [2.75, 3.05) is 27.7 Å². The molecule has 0 N–H and O–H groups in total. The van der Waals surface area contributed by atoms with Crippen LogP contribution in [-0.4, -0.2) is 38.0 Å². The predicted molar refractivity (Wildman–Crippen MR) is 59.1 cm³/mol. The molecule has 1 aliphatic rings. The first-order valence-electron chi connectivity index (χ1n) is 5.82. The molecule has 0 aromatic heterocycles. The summed E-state index contributed by atoms with van der Waals surface area (Å²) in [5, 5.41) is 0. The van der Waals surface area contributed by atoms with Gasteiger partial charge in [-0.1, -0.05) is 19.3 Å². The number of hydrogen-bond donors (Lipinski definition) is 0. The number of nitrogens with zero attached hydrogens (tertiary/aromatic N) is 1. The molecule has 2 nitrogen and oxygen atoms in total. The number of ketones is 1. The van der Waals surface area contributed by atoms with Gasteiger partial charge >= 0.3 is 0 Å². The first kappa shape index (κ1) is 15.4. The van der Waals surface area contributed by atoms with Gasteiger partial charge in [-0.05, 0) is 12.8 Å². The van der Waals surface area contributed by atoms with E-state index in [9.17, 15) is 4.79 Å². The minimum atomic E-state index is 0. The normalized spacial score (nSPS) is 23.9. The molecule has 0 amide bonds. The molecular weight excluding hydrogens is 301 g/mol. The molecule has 0 aromatic carbocycles. The van der Waals surface area contributed by atoms with Crippen LogP contribution >= 0.6 is 0 Å². The zero-order valence-corrected chi connectivity index (χ0v) is 12.4. The molecule has 3 heteroatoms. The van der Waals surface area contributed by atoms with Crippen LogP contribution < -0.4 is 24.0 Å². The minimum absolute atomic E-state index is 0. The highest BCUT2D eigenvalue weighted by Gasteiger charge is 2.25. The summed E-state index contributed by atoms with van der Waals surface area (Å²) in [4.78, 5) is 11.8. The van der Waals surface area contributed by atoms with E-state index >= 15 is 0 Å². The molecule has 0 saturated heterocycles. The number of Topliss-reactive ketones (excluding diaryl/α,β-unsaturated/α-hetero) is 1. The Morgan fingerprint density at radius 1 is 1.13 bits per heavy atom. The lowest BCUT2D eigenvalue weighted by molar-refractivity contribution is -0.872. The van der Waals surface area contributed by atoms with Gasteiger partial charge in [0.2, 0.25) is 0 Å². The van der Waals surface area contributed by atoms with Gasteiger partial charge < -0.3 is 28.5 Å². The Morgan fingerprint density at radius 2 is 1.73 bits per heavy atom. The minimum Gasteiger partial charge on any atom is -1.00 e. The summed E-state index contributed by atoms with van der Waals surface area (Å²) in [6.07, 6.45) is 6.88. The Balaban J connectivity index is 0.00000196. The molecule has 0 bridgehead atoms. The third-order valence-corrected chi connectivity index (χ3v) is 2.95. The average molecular weight is 325 g/mol. The zero-order valence-electron chi connectivity index (χ0n) is 10.3. The number of halogens is 1. The van der Waals surface area contributed by atoms with Gasteiger partial charge in [0.05, 0.1) is 33.6 Å². The second-order valence-electron chi connectivity index (χ2n) is 5.59. The Morgan fingerprint density at radius 3 is 2.33 bits per heavy atom. The van der Waals surface area contributed by atoms with E-state index in [1.807, 2.05) is 0 Å². The molecule has 1 rings (SSSR count). The largest absolute Gasteiger partial charge is 1.00 e. The summed E-state index contributed by atoms with van der Waals surface area (Å²) in [5.74, 6) is 0.841. The molecule has 1 saturated carbocycles. The molecule has 15 heavy (non-hydrogen) atoms. The van der Waals surface area contributed by atoms with Crippen molar-refractivity contribution in [3.63, 3.8) is 0 Å². The molecule has 1 aliphatic carbocycles. The molecule has 0 heterocycles. The van der Waals surface area contributed by atoms with Gasteiger partial charge in [0.1, 0.15) is 5.78 Å². The highest BCUT2D eigenvalue weighted by molar-refractivity contribution is 5.81. The molecule has 90 valence electrons. The van der Waals surface area contributed by atoms with Crippen LogP contribution in [0.15, 0.2) is 0 Å². The summed E-state index contributed by atoms with van der Waals surface area (Å²) in [5.41, 5.74) is 0. The second kappa shape index (κ2) is 6.84. The van der Waals surface area contributed by atoms with Crippen molar-refractivity contribution in [2.45, 2.75) is 38.5 Å². The Bertz CT molecular complexity index is 198. The highest BCUT2D eigenvalue weighted by atomic mass is 127. The molecule has 1 fully saturated rings. The van der Waals surface area contributed by atoms with Crippen LogP contribution in [0.1, 0.15) is 38.5 Å². The summed E-state index contributed by atoms with van der Waals surface area (Å²) in [6, 6.07) is 0. The topological polar surface area (TPSA) is 17.1 Å². The maximum Gasteiger partial charge on any atom is 0.141 e. The van der Waals surface area contributed by atoms with Crippen molar-refractivity contribution < 1.29 is 33.3 Å². The fraction of sp³-hybridized carbons (Fsp3) is 0.917. The summed E-state index contributed by atoms with van der Waals surface area (Å²) >= 11 is 0. The van der Waals surface area contributed by atoms with E-state index in [1.54, 1.807) is 0 Å². The van der Waals surface area contributed by atoms with E-state index in [0.29, 0.717) is 11.7 Å². The molecule has 0 aliphatic heterocycles. The maximum absolute atomic E-state index is 11.8. The van der Waals surface area contributed by atoms with Crippen molar-refractivity contribution in [3.8, 4) is 0 Å². The van der Waals surface area contributed by atoms with E-state index in [-0.39, 0.29) is 24.0 Å². The van der Waals surface area contributed by atoms with Crippen LogP contribution in [0.4, 0.5) is 0 Å². The fourth-order valence-corrected chi connectivity index (χ4v) is 2.26. The van der Waals surface area contributed by atoms with Crippen LogP contribution in [0, 0.1) is 5.92 Å². The van der Waals surface area contributed by atoms with Gasteiger partial charge in [0, 0.05) is 6.42 Å². The number of rotatable bonds is 2. The molecule has 0 aromatic rings. The van der Waals surface area contributed by atoms with Gasteiger partial charge in [0.15, 0.2) is 0 Å². The van der Waals surface area contributed by atoms with Crippen LogP contribution in [0.3, 0.4) is 0 Å². The Hall–Kier alpha value is 0.360. The molecular formula is C12H24INO. The molecule has 0 radical (unpaired) electrons. The highest BCUT2D eigenvalue weighted by Crippen LogP contribution is 2.21. The summed E-state index contributed by atoms with van der Waals surface area (Å²) < 4.78 is 0.913. The van der Waals surface area contributed by atoms with Crippen molar-refractivity contribution in [3.05, 3.63) is 0 Å². The molecule has 1 atom stereocenters. The van der Waals surface area contributed by atoms with Gasteiger partial charge in [-0.2, -0.15) is 0 Å². The quantitative estimate of drug-likeness (QED) is 0.482. The van der Waals surface area contributed by atoms with E-state index < -0.39 is 0 Å². The fourth-order valence-electron chi connectivity index (χ4n) is 2.26. The van der Waals surface area contributed by atoms with Crippen LogP contribution in [0.2, 0.25) is 0 Å². The van der Waals surface area contributed by atoms with E-state index in [1.165, 1.54) is 19.3 Å². The summed E-state index contributed by atoms with van der Waals surface area (Å²) in [7, 11) is 6.52. The maximum atomic E-state index is 11.8. The average Bonchev–Trinajstić information content (AvgIpc) is 2.03. The number of carbonyl (C=O) groups excluding carboxylic acids is 1. The van der Waals surface area contributed by atoms with Crippen LogP contribution in [0.5, 0.6) is 0 Å². The lowest BCUT2D eigenvalue weighted by atomic mass is 9.89. The monoisotopic (exact) mass is 325 g/mol. The number of hydrogen-bond acceptors (Lipinski definition) is 1. The van der Waals surface area contributed by atoms with E-state index in [2.05, 4.69) is 21.1 Å². The SMILES string of the molecule is C[N+](C)(C)CC1CCCCCCC1=O.[I-]. The van der Waals surface area contributed by atoms with Gasteiger partial charge in [-0.3, -0.25) is 4.79 Å². The number of quaternary nitrogens is 1. The van der Waals surface area contributed by atoms with Crippen molar-refractivity contribution in [1.82, 2.24) is 0 Å². The van der Waals surface area contributed by atoms with Gasteiger partial charge in [0.25, 0.3) is 0 Å². The van der Waals surface area contributed by atoms with Crippen molar-refractivity contribution in [2.24, 2.45) is 5.92 Å². The lowest BCUT2D eigenvalue weighted by Crippen LogP contribution is -3.00. The Labute approximate surface area is 111 Å².